The second-order valence-electron chi connectivity index (χ2n) is 5.10. The molecule has 1 atom stereocenters. The van der Waals surface area contributed by atoms with Crippen LogP contribution in [0.2, 0.25) is 0 Å². The van der Waals surface area contributed by atoms with Gasteiger partial charge in [0.15, 0.2) is 0 Å². The van der Waals surface area contributed by atoms with E-state index in [1.165, 1.54) is 47.9 Å². The van der Waals surface area contributed by atoms with Crippen molar-refractivity contribution >= 4 is 11.3 Å². The molecule has 94 valence electrons. The molecule has 1 N–H and O–H groups in total. The Morgan fingerprint density at radius 1 is 1.53 bits per heavy atom. The molecule has 0 spiro atoms. The molecule has 1 aromatic heterocycles. The molecule has 1 saturated heterocycles. The number of hydrogen-bond donors (Lipinski definition) is 1. The standard InChI is InChI=1S/C13H21N3S/c1-2-7-16-8-5-10-12(9-16)17-13(15-10)11-4-3-6-14-11/h11,14H,2-9H2,1H3. The van der Waals surface area contributed by atoms with Crippen molar-refractivity contribution < 1.29 is 0 Å². The van der Waals surface area contributed by atoms with Crippen LogP contribution in [-0.4, -0.2) is 29.5 Å². The van der Waals surface area contributed by atoms with E-state index < -0.39 is 0 Å². The normalized spacial score (nSPS) is 25.1. The molecule has 1 fully saturated rings. The Bertz CT molecular complexity index is 382. The zero-order valence-corrected chi connectivity index (χ0v) is 11.4. The second-order valence-corrected chi connectivity index (χ2v) is 6.21. The lowest BCUT2D eigenvalue weighted by molar-refractivity contribution is 0.256. The first-order valence-electron chi connectivity index (χ1n) is 6.81. The van der Waals surface area contributed by atoms with Crippen LogP contribution in [0.3, 0.4) is 0 Å². The molecule has 4 heteroatoms. The Kier molecular flexibility index (Phi) is 3.45. The lowest BCUT2D eigenvalue weighted by Crippen LogP contribution is -2.30. The van der Waals surface area contributed by atoms with E-state index in [9.17, 15) is 0 Å². The summed E-state index contributed by atoms with van der Waals surface area (Å²) in [6.07, 6.45) is 4.98. The first-order valence-corrected chi connectivity index (χ1v) is 7.62. The van der Waals surface area contributed by atoms with Crippen molar-refractivity contribution in [1.29, 1.82) is 0 Å². The Labute approximate surface area is 107 Å². The molecule has 0 saturated carbocycles. The van der Waals surface area contributed by atoms with Gasteiger partial charge in [-0.05, 0) is 32.4 Å². The number of aromatic nitrogens is 1. The summed E-state index contributed by atoms with van der Waals surface area (Å²) in [6.45, 7) is 6.98. The van der Waals surface area contributed by atoms with Crippen LogP contribution in [0.15, 0.2) is 0 Å². The largest absolute Gasteiger partial charge is 0.308 e. The predicted molar refractivity (Wildman–Crippen MR) is 71.4 cm³/mol. The SMILES string of the molecule is CCCN1CCc2nc(C3CCCN3)sc2C1. The molecule has 0 amide bonds. The monoisotopic (exact) mass is 251 g/mol. The Balaban J connectivity index is 1.74. The fourth-order valence-electron chi connectivity index (χ4n) is 2.82. The highest BCUT2D eigenvalue weighted by atomic mass is 32.1. The van der Waals surface area contributed by atoms with Crippen LogP contribution in [0, 0.1) is 0 Å². The van der Waals surface area contributed by atoms with E-state index in [2.05, 4.69) is 17.1 Å². The van der Waals surface area contributed by atoms with E-state index in [1.54, 1.807) is 0 Å². The molecule has 1 aromatic rings. The maximum atomic E-state index is 4.86. The minimum atomic E-state index is 0.547. The van der Waals surface area contributed by atoms with Gasteiger partial charge in [-0.25, -0.2) is 4.98 Å². The molecule has 3 rings (SSSR count). The predicted octanol–water partition coefficient (Wildman–Crippen LogP) is 2.34. The molecule has 0 bridgehead atoms. The smallest absolute Gasteiger partial charge is 0.110 e. The quantitative estimate of drug-likeness (QED) is 0.893. The summed E-state index contributed by atoms with van der Waals surface area (Å²) in [4.78, 5) is 8.94. The van der Waals surface area contributed by atoms with E-state index in [1.807, 2.05) is 11.3 Å². The molecular weight excluding hydrogens is 230 g/mol. The number of nitrogens with one attached hydrogen (secondary N) is 1. The van der Waals surface area contributed by atoms with Gasteiger partial charge in [0.1, 0.15) is 5.01 Å². The lowest BCUT2D eigenvalue weighted by Gasteiger charge is -2.25. The summed E-state index contributed by atoms with van der Waals surface area (Å²) in [5, 5.41) is 4.89. The average molecular weight is 251 g/mol. The molecule has 0 radical (unpaired) electrons. The molecule has 2 aliphatic heterocycles. The van der Waals surface area contributed by atoms with Crippen LogP contribution in [0.4, 0.5) is 0 Å². The van der Waals surface area contributed by atoms with Crippen molar-refractivity contribution in [2.45, 2.75) is 45.2 Å². The minimum Gasteiger partial charge on any atom is -0.308 e. The summed E-state index contributed by atoms with van der Waals surface area (Å²) in [6, 6.07) is 0.547. The molecule has 0 aliphatic carbocycles. The number of hydrogen-bond acceptors (Lipinski definition) is 4. The van der Waals surface area contributed by atoms with Gasteiger partial charge in [0.25, 0.3) is 0 Å². The molecule has 2 aliphatic rings. The van der Waals surface area contributed by atoms with Crippen LogP contribution in [0.5, 0.6) is 0 Å². The van der Waals surface area contributed by atoms with Crippen molar-refractivity contribution in [3.63, 3.8) is 0 Å². The van der Waals surface area contributed by atoms with Gasteiger partial charge in [0, 0.05) is 24.4 Å². The number of nitrogens with zero attached hydrogens (tertiary/aromatic N) is 2. The fraction of sp³-hybridized carbons (Fsp3) is 0.769. The summed E-state index contributed by atoms with van der Waals surface area (Å²) < 4.78 is 0. The summed E-state index contributed by atoms with van der Waals surface area (Å²) in [5.41, 5.74) is 1.38. The van der Waals surface area contributed by atoms with Gasteiger partial charge in [-0.1, -0.05) is 6.92 Å². The Hall–Kier alpha value is -0.450. The van der Waals surface area contributed by atoms with Crippen molar-refractivity contribution in [1.82, 2.24) is 15.2 Å². The zero-order chi connectivity index (χ0) is 11.7. The number of rotatable bonds is 3. The highest BCUT2D eigenvalue weighted by Gasteiger charge is 2.25. The van der Waals surface area contributed by atoms with E-state index in [0.717, 1.165) is 19.5 Å². The maximum absolute atomic E-state index is 4.86. The van der Waals surface area contributed by atoms with E-state index in [4.69, 9.17) is 4.98 Å². The zero-order valence-electron chi connectivity index (χ0n) is 10.5. The summed E-state index contributed by atoms with van der Waals surface area (Å²) in [7, 11) is 0. The van der Waals surface area contributed by atoms with Gasteiger partial charge in [-0.15, -0.1) is 11.3 Å². The van der Waals surface area contributed by atoms with Crippen molar-refractivity contribution in [3.8, 4) is 0 Å². The van der Waals surface area contributed by atoms with Gasteiger partial charge in [0.05, 0.1) is 11.7 Å². The number of fused-ring (bicyclic) bond motifs is 1. The lowest BCUT2D eigenvalue weighted by atomic mass is 10.1. The van der Waals surface area contributed by atoms with Crippen LogP contribution in [0.25, 0.3) is 0 Å². The van der Waals surface area contributed by atoms with Gasteiger partial charge < -0.3 is 5.32 Å². The van der Waals surface area contributed by atoms with Gasteiger partial charge in [-0.2, -0.15) is 0 Å². The van der Waals surface area contributed by atoms with Crippen LogP contribution < -0.4 is 5.32 Å². The van der Waals surface area contributed by atoms with E-state index >= 15 is 0 Å². The Morgan fingerprint density at radius 3 is 3.24 bits per heavy atom. The average Bonchev–Trinajstić information content (AvgIpc) is 2.97. The molecule has 17 heavy (non-hydrogen) atoms. The Morgan fingerprint density at radius 2 is 2.47 bits per heavy atom. The molecule has 0 aromatic carbocycles. The first-order chi connectivity index (χ1) is 8.36. The third kappa shape index (κ3) is 2.39. The third-order valence-electron chi connectivity index (χ3n) is 3.73. The maximum Gasteiger partial charge on any atom is 0.110 e. The van der Waals surface area contributed by atoms with Crippen LogP contribution >= 0.6 is 11.3 Å². The molecular formula is C13H21N3S. The van der Waals surface area contributed by atoms with Crippen molar-refractivity contribution in [2.75, 3.05) is 19.6 Å². The molecule has 1 unspecified atom stereocenters. The van der Waals surface area contributed by atoms with Crippen LogP contribution in [-0.2, 0) is 13.0 Å². The molecule has 3 nitrogen and oxygen atoms in total. The van der Waals surface area contributed by atoms with E-state index in [-0.39, 0.29) is 0 Å². The summed E-state index contributed by atoms with van der Waals surface area (Å²) >= 11 is 1.95. The third-order valence-corrected chi connectivity index (χ3v) is 4.92. The van der Waals surface area contributed by atoms with Gasteiger partial charge in [-0.3, -0.25) is 4.90 Å². The fourth-order valence-corrected chi connectivity index (χ4v) is 4.08. The van der Waals surface area contributed by atoms with Gasteiger partial charge >= 0.3 is 0 Å². The first kappa shape index (κ1) is 11.6. The summed E-state index contributed by atoms with van der Waals surface area (Å²) in [5.74, 6) is 0. The topological polar surface area (TPSA) is 28.2 Å². The van der Waals surface area contributed by atoms with E-state index in [0.29, 0.717) is 6.04 Å². The highest BCUT2D eigenvalue weighted by Crippen LogP contribution is 2.32. The van der Waals surface area contributed by atoms with Crippen LogP contribution in [0.1, 0.15) is 47.8 Å². The minimum absolute atomic E-state index is 0.547. The van der Waals surface area contributed by atoms with Crippen molar-refractivity contribution in [3.05, 3.63) is 15.6 Å². The molecule has 3 heterocycles. The van der Waals surface area contributed by atoms with Crippen molar-refractivity contribution in [2.24, 2.45) is 0 Å². The number of thiazole rings is 1. The van der Waals surface area contributed by atoms with Gasteiger partial charge in [0.2, 0.25) is 0 Å². The highest BCUT2D eigenvalue weighted by molar-refractivity contribution is 7.11. The second kappa shape index (κ2) is 5.04.